The maximum atomic E-state index is 5.84. The Morgan fingerprint density at radius 3 is 2.85 bits per heavy atom. The first kappa shape index (κ1) is 16.7. The van der Waals surface area contributed by atoms with Crippen LogP contribution in [-0.2, 0) is 5.75 Å². The quantitative estimate of drug-likeness (QED) is 0.428. The average molecular weight is 396 g/mol. The standard InChI is InChI=1S/C19H17N5OS2/c1-12-4-2-5-13(10-12)18-22-20-16(25-18)11-27-19-23-21-17(15-6-3-9-26-15)24(19)14-7-8-14/h2-6,9-10,14H,7-8,11H2,1H3. The molecular weight excluding hydrogens is 378 g/mol. The highest BCUT2D eigenvalue weighted by Gasteiger charge is 2.30. The predicted octanol–water partition coefficient (Wildman–Crippen LogP) is 4.99. The van der Waals surface area contributed by atoms with E-state index in [1.54, 1.807) is 23.1 Å². The summed E-state index contributed by atoms with van der Waals surface area (Å²) in [5.74, 6) is 2.69. The Morgan fingerprint density at radius 2 is 2.07 bits per heavy atom. The maximum Gasteiger partial charge on any atom is 0.247 e. The molecule has 27 heavy (non-hydrogen) atoms. The second-order valence-electron chi connectivity index (χ2n) is 6.54. The van der Waals surface area contributed by atoms with Gasteiger partial charge in [-0.2, -0.15) is 0 Å². The summed E-state index contributed by atoms with van der Waals surface area (Å²) in [6.07, 6.45) is 2.37. The van der Waals surface area contributed by atoms with Crippen LogP contribution in [0.5, 0.6) is 0 Å². The highest BCUT2D eigenvalue weighted by Crippen LogP contribution is 2.42. The Bertz CT molecular complexity index is 1070. The molecule has 0 unspecified atom stereocenters. The molecule has 0 bridgehead atoms. The summed E-state index contributed by atoms with van der Waals surface area (Å²) >= 11 is 3.29. The van der Waals surface area contributed by atoms with E-state index in [0.717, 1.165) is 21.4 Å². The molecule has 3 heterocycles. The Morgan fingerprint density at radius 1 is 1.15 bits per heavy atom. The largest absolute Gasteiger partial charge is 0.420 e. The molecule has 1 aliphatic carbocycles. The summed E-state index contributed by atoms with van der Waals surface area (Å²) in [5, 5.41) is 20.2. The molecule has 1 saturated carbocycles. The lowest BCUT2D eigenvalue weighted by molar-refractivity contribution is 0.528. The Kier molecular flexibility index (Phi) is 4.29. The molecule has 136 valence electrons. The van der Waals surface area contributed by atoms with Crippen LogP contribution in [0.3, 0.4) is 0 Å². The number of hydrogen-bond donors (Lipinski definition) is 0. The van der Waals surface area contributed by atoms with E-state index >= 15 is 0 Å². The molecule has 3 aromatic heterocycles. The van der Waals surface area contributed by atoms with Crippen molar-refractivity contribution in [3.8, 4) is 22.2 Å². The van der Waals surface area contributed by atoms with Crippen LogP contribution < -0.4 is 0 Å². The summed E-state index contributed by atoms with van der Waals surface area (Å²) in [4.78, 5) is 1.15. The fraction of sp³-hybridized carbons (Fsp3) is 0.263. The molecule has 0 radical (unpaired) electrons. The molecule has 0 spiro atoms. The van der Waals surface area contributed by atoms with Gasteiger partial charge in [0.25, 0.3) is 0 Å². The SMILES string of the molecule is Cc1cccc(-c2nnc(CSc3nnc(-c4cccs4)n3C3CC3)o2)c1. The Balaban J connectivity index is 1.35. The van der Waals surface area contributed by atoms with Crippen molar-refractivity contribution in [2.45, 2.75) is 36.7 Å². The van der Waals surface area contributed by atoms with Crippen molar-refractivity contribution in [3.05, 3.63) is 53.2 Å². The minimum absolute atomic E-state index is 0.505. The van der Waals surface area contributed by atoms with E-state index in [1.807, 2.05) is 37.3 Å². The van der Waals surface area contributed by atoms with Crippen molar-refractivity contribution >= 4 is 23.1 Å². The van der Waals surface area contributed by atoms with Crippen molar-refractivity contribution < 1.29 is 4.42 Å². The molecular formula is C19H17N5OS2. The molecule has 8 heteroatoms. The van der Waals surface area contributed by atoms with E-state index in [4.69, 9.17) is 4.42 Å². The lowest BCUT2D eigenvalue weighted by Crippen LogP contribution is -1.99. The number of aryl methyl sites for hydroxylation is 1. The second kappa shape index (κ2) is 6.94. The normalized spacial score (nSPS) is 14.0. The van der Waals surface area contributed by atoms with Gasteiger partial charge in [0.2, 0.25) is 11.8 Å². The molecule has 1 aliphatic rings. The van der Waals surface area contributed by atoms with Gasteiger partial charge < -0.3 is 4.42 Å². The van der Waals surface area contributed by atoms with Crippen LogP contribution in [0.2, 0.25) is 0 Å². The average Bonchev–Trinajstić information content (AvgIpc) is 3.09. The topological polar surface area (TPSA) is 69.6 Å². The third-order valence-electron chi connectivity index (χ3n) is 4.37. The first-order valence-corrected chi connectivity index (χ1v) is 10.7. The van der Waals surface area contributed by atoms with Crippen LogP contribution in [0, 0.1) is 6.92 Å². The van der Waals surface area contributed by atoms with Gasteiger partial charge in [0.1, 0.15) is 0 Å². The number of hydrogen-bond acceptors (Lipinski definition) is 7. The first-order valence-electron chi connectivity index (χ1n) is 8.79. The zero-order valence-corrected chi connectivity index (χ0v) is 16.3. The minimum Gasteiger partial charge on any atom is -0.420 e. The number of thioether (sulfide) groups is 1. The van der Waals surface area contributed by atoms with Gasteiger partial charge in [0.15, 0.2) is 11.0 Å². The van der Waals surface area contributed by atoms with E-state index < -0.39 is 0 Å². The van der Waals surface area contributed by atoms with Gasteiger partial charge in [-0.1, -0.05) is 35.5 Å². The first-order chi connectivity index (χ1) is 13.3. The van der Waals surface area contributed by atoms with Gasteiger partial charge in [-0.15, -0.1) is 31.7 Å². The molecule has 0 aliphatic heterocycles. The van der Waals surface area contributed by atoms with Gasteiger partial charge in [-0.05, 0) is 43.3 Å². The molecule has 0 atom stereocenters. The summed E-state index contributed by atoms with van der Waals surface area (Å²) < 4.78 is 8.10. The zero-order chi connectivity index (χ0) is 18.2. The summed E-state index contributed by atoms with van der Waals surface area (Å²) in [5.41, 5.74) is 2.11. The third-order valence-corrected chi connectivity index (χ3v) is 6.17. The van der Waals surface area contributed by atoms with Crippen LogP contribution in [0.4, 0.5) is 0 Å². The number of nitrogens with zero attached hydrogens (tertiary/aromatic N) is 5. The lowest BCUT2D eigenvalue weighted by atomic mass is 10.1. The third kappa shape index (κ3) is 3.42. The predicted molar refractivity (Wildman–Crippen MR) is 106 cm³/mol. The van der Waals surface area contributed by atoms with Crippen LogP contribution in [0.25, 0.3) is 22.2 Å². The molecule has 0 N–H and O–H groups in total. The van der Waals surface area contributed by atoms with Crippen LogP contribution >= 0.6 is 23.1 Å². The molecule has 4 aromatic rings. The van der Waals surface area contributed by atoms with Crippen molar-refractivity contribution in [2.24, 2.45) is 0 Å². The molecule has 6 nitrogen and oxygen atoms in total. The summed E-state index contributed by atoms with van der Waals surface area (Å²) in [7, 11) is 0. The van der Waals surface area contributed by atoms with E-state index in [0.29, 0.717) is 23.6 Å². The fourth-order valence-corrected chi connectivity index (χ4v) is 4.49. The van der Waals surface area contributed by atoms with Crippen LogP contribution in [0.1, 0.15) is 30.3 Å². The van der Waals surface area contributed by atoms with E-state index in [2.05, 4.69) is 36.4 Å². The highest BCUT2D eigenvalue weighted by atomic mass is 32.2. The molecule has 1 fully saturated rings. The van der Waals surface area contributed by atoms with E-state index in [1.165, 1.54) is 18.4 Å². The van der Waals surface area contributed by atoms with Crippen LogP contribution in [-0.4, -0.2) is 25.0 Å². The fourth-order valence-electron chi connectivity index (χ4n) is 2.94. The van der Waals surface area contributed by atoms with Crippen molar-refractivity contribution in [2.75, 3.05) is 0 Å². The highest BCUT2D eigenvalue weighted by molar-refractivity contribution is 7.98. The van der Waals surface area contributed by atoms with E-state index in [9.17, 15) is 0 Å². The van der Waals surface area contributed by atoms with Gasteiger partial charge in [-0.3, -0.25) is 4.57 Å². The van der Waals surface area contributed by atoms with Gasteiger partial charge in [0.05, 0.1) is 10.6 Å². The monoisotopic (exact) mass is 395 g/mol. The lowest BCUT2D eigenvalue weighted by Gasteiger charge is -2.06. The van der Waals surface area contributed by atoms with Gasteiger partial charge in [0, 0.05) is 11.6 Å². The number of rotatable bonds is 6. The van der Waals surface area contributed by atoms with Crippen molar-refractivity contribution in [1.29, 1.82) is 0 Å². The molecule has 5 rings (SSSR count). The number of aromatic nitrogens is 5. The zero-order valence-electron chi connectivity index (χ0n) is 14.7. The summed E-state index contributed by atoms with van der Waals surface area (Å²) in [6, 6.07) is 12.7. The van der Waals surface area contributed by atoms with Crippen molar-refractivity contribution in [1.82, 2.24) is 25.0 Å². The number of benzene rings is 1. The minimum atomic E-state index is 0.505. The maximum absolute atomic E-state index is 5.84. The molecule has 0 amide bonds. The van der Waals surface area contributed by atoms with E-state index in [-0.39, 0.29) is 0 Å². The summed E-state index contributed by atoms with van der Waals surface area (Å²) in [6.45, 7) is 2.05. The Hall–Kier alpha value is -2.45. The molecule has 1 aromatic carbocycles. The van der Waals surface area contributed by atoms with Gasteiger partial charge in [-0.25, -0.2) is 0 Å². The second-order valence-corrected chi connectivity index (χ2v) is 8.43. The number of thiophene rings is 1. The molecule has 0 saturated heterocycles. The van der Waals surface area contributed by atoms with Crippen LogP contribution in [0.15, 0.2) is 51.4 Å². The Labute approximate surface area is 164 Å². The van der Waals surface area contributed by atoms with Crippen molar-refractivity contribution in [3.63, 3.8) is 0 Å². The smallest absolute Gasteiger partial charge is 0.247 e. The van der Waals surface area contributed by atoms with Gasteiger partial charge >= 0.3 is 0 Å².